The smallest absolute Gasteiger partial charge is 0.123 e. The molecule has 2 nitrogen and oxygen atoms in total. The first-order chi connectivity index (χ1) is 9.46. The topological polar surface area (TPSA) is 25.2 Å². The van der Waals surface area contributed by atoms with E-state index in [1.807, 2.05) is 6.07 Å². The molecule has 1 N–H and O–H groups in total. The third-order valence-electron chi connectivity index (χ3n) is 4.90. The summed E-state index contributed by atoms with van der Waals surface area (Å²) in [4.78, 5) is 0. The lowest BCUT2D eigenvalue weighted by Crippen LogP contribution is -2.48. The van der Waals surface area contributed by atoms with Crippen LogP contribution < -0.4 is 5.32 Å². The van der Waals surface area contributed by atoms with Crippen LogP contribution in [0.2, 0.25) is 0 Å². The molecule has 1 aromatic heterocycles. The number of rotatable bonds is 5. The summed E-state index contributed by atoms with van der Waals surface area (Å²) < 4.78 is 6.89. The van der Waals surface area contributed by atoms with Crippen molar-refractivity contribution in [3.05, 3.63) is 22.6 Å². The number of hydrogen-bond acceptors (Lipinski definition) is 2. The van der Waals surface area contributed by atoms with E-state index in [2.05, 4.69) is 48.9 Å². The van der Waals surface area contributed by atoms with Crippen LogP contribution >= 0.6 is 15.9 Å². The van der Waals surface area contributed by atoms with Gasteiger partial charge in [-0.2, -0.15) is 0 Å². The molecule has 0 bridgehead atoms. The Hall–Kier alpha value is -0.280. The van der Waals surface area contributed by atoms with E-state index in [0.29, 0.717) is 12.0 Å². The van der Waals surface area contributed by atoms with Gasteiger partial charge < -0.3 is 9.73 Å². The van der Waals surface area contributed by atoms with Crippen LogP contribution in [0.1, 0.15) is 59.1 Å². The van der Waals surface area contributed by atoms with Gasteiger partial charge >= 0.3 is 0 Å². The van der Waals surface area contributed by atoms with Crippen molar-refractivity contribution in [2.24, 2.45) is 11.8 Å². The highest BCUT2D eigenvalue weighted by atomic mass is 79.9. The molecule has 114 valence electrons. The molecule has 0 aliphatic heterocycles. The molecule has 1 fully saturated rings. The van der Waals surface area contributed by atoms with Gasteiger partial charge in [-0.15, -0.1) is 0 Å². The SMILES string of the molecule is CCCNC1CC(C)CCC1C(C)(C)c1occc1Br. The Labute approximate surface area is 131 Å². The molecule has 1 saturated carbocycles. The molecular weight excluding hydrogens is 314 g/mol. The van der Waals surface area contributed by atoms with E-state index in [4.69, 9.17) is 4.42 Å². The highest BCUT2D eigenvalue weighted by Gasteiger charge is 2.42. The molecule has 2 rings (SSSR count). The van der Waals surface area contributed by atoms with Crippen LogP contribution in [-0.4, -0.2) is 12.6 Å². The van der Waals surface area contributed by atoms with Gasteiger partial charge in [0.25, 0.3) is 0 Å². The minimum atomic E-state index is 0.0634. The molecule has 0 radical (unpaired) electrons. The van der Waals surface area contributed by atoms with Gasteiger partial charge in [0.05, 0.1) is 10.7 Å². The second kappa shape index (κ2) is 6.65. The first-order valence-electron chi connectivity index (χ1n) is 7.93. The van der Waals surface area contributed by atoms with Gasteiger partial charge in [-0.3, -0.25) is 0 Å². The van der Waals surface area contributed by atoms with Crippen molar-refractivity contribution >= 4 is 15.9 Å². The Bertz CT molecular complexity index is 426. The van der Waals surface area contributed by atoms with Crippen LogP contribution in [0.4, 0.5) is 0 Å². The van der Waals surface area contributed by atoms with E-state index in [1.54, 1.807) is 6.26 Å². The summed E-state index contributed by atoms with van der Waals surface area (Å²) in [6.45, 7) is 10.4. The summed E-state index contributed by atoms with van der Waals surface area (Å²) in [7, 11) is 0. The Morgan fingerprint density at radius 1 is 1.40 bits per heavy atom. The summed E-state index contributed by atoms with van der Waals surface area (Å²) in [5.74, 6) is 2.56. The molecule has 1 aromatic rings. The van der Waals surface area contributed by atoms with Crippen LogP contribution in [0.5, 0.6) is 0 Å². The first kappa shape index (κ1) is 16.1. The highest BCUT2D eigenvalue weighted by molar-refractivity contribution is 9.10. The summed E-state index contributed by atoms with van der Waals surface area (Å²) in [5, 5.41) is 3.78. The van der Waals surface area contributed by atoms with Crippen molar-refractivity contribution in [2.45, 2.75) is 64.8 Å². The van der Waals surface area contributed by atoms with Gasteiger partial charge in [-0.1, -0.05) is 34.1 Å². The molecule has 3 atom stereocenters. The zero-order valence-electron chi connectivity index (χ0n) is 13.2. The normalized spacial score (nSPS) is 27.8. The lowest BCUT2D eigenvalue weighted by Gasteiger charge is -2.44. The standard InChI is InChI=1S/C17H28BrNO/c1-5-9-19-15-11-12(2)6-7-13(15)17(3,4)16-14(18)8-10-20-16/h8,10,12-13,15,19H,5-7,9,11H2,1-4H3. The quantitative estimate of drug-likeness (QED) is 0.803. The Balaban J connectivity index is 2.20. The molecule has 0 aromatic carbocycles. The molecule has 0 saturated heterocycles. The van der Waals surface area contributed by atoms with Crippen LogP contribution in [0.25, 0.3) is 0 Å². The van der Waals surface area contributed by atoms with Crippen LogP contribution in [0.3, 0.4) is 0 Å². The number of nitrogens with one attached hydrogen (secondary N) is 1. The fourth-order valence-corrected chi connectivity index (χ4v) is 4.43. The summed E-state index contributed by atoms with van der Waals surface area (Å²) in [6, 6.07) is 2.61. The predicted octanol–water partition coefficient (Wildman–Crippen LogP) is 5.12. The van der Waals surface area contributed by atoms with Crippen molar-refractivity contribution in [3.63, 3.8) is 0 Å². The first-order valence-corrected chi connectivity index (χ1v) is 8.73. The van der Waals surface area contributed by atoms with Crippen LogP contribution in [0.15, 0.2) is 21.2 Å². The minimum Gasteiger partial charge on any atom is -0.468 e. The van der Waals surface area contributed by atoms with Crippen LogP contribution in [0, 0.1) is 11.8 Å². The Morgan fingerprint density at radius 2 is 2.15 bits per heavy atom. The molecule has 1 aliphatic rings. The van der Waals surface area contributed by atoms with Gasteiger partial charge in [0.2, 0.25) is 0 Å². The van der Waals surface area contributed by atoms with Crippen molar-refractivity contribution in [3.8, 4) is 0 Å². The van der Waals surface area contributed by atoms with E-state index >= 15 is 0 Å². The lowest BCUT2D eigenvalue weighted by atomic mass is 9.65. The molecule has 1 heterocycles. The predicted molar refractivity (Wildman–Crippen MR) is 88.0 cm³/mol. The Kier molecular flexibility index (Phi) is 5.36. The van der Waals surface area contributed by atoms with Gasteiger partial charge in [0, 0.05) is 11.5 Å². The maximum atomic E-state index is 5.79. The molecule has 1 aliphatic carbocycles. The molecule has 3 unspecified atom stereocenters. The number of furan rings is 1. The molecule has 0 amide bonds. The zero-order valence-corrected chi connectivity index (χ0v) is 14.8. The van der Waals surface area contributed by atoms with E-state index in [0.717, 1.165) is 22.7 Å². The summed E-state index contributed by atoms with van der Waals surface area (Å²) >= 11 is 3.64. The number of halogens is 1. The molecule has 0 spiro atoms. The van der Waals surface area contributed by atoms with Gasteiger partial charge in [0.1, 0.15) is 5.76 Å². The average molecular weight is 342 g/mol. The molecular formula is C17H28BrNO. The van der Waals surface area contributed by atoms with Crippen molar-refractivity contribution < 1.29 is 4.42 Å². The second-order valence-corrected chi connectivity index (χ2v) is 7.76. The summed E-state index contributed by atoms with van der Waals surface area (Å²) in [6.07, 6.45) is 6.88. The van der Waals surface area contributed by atoms with Crippen molar-refractivity contribution in [1.82, 2.24) is 5.32 Å². The van der Waals surface area contributed by atoms with Crippen molar-refractivity contribution in [2.75, 3.05) is 6.54 Å². The van der Waals surface area contributed by atoms with E-state index in [-0.39, 0.29) is 5.41 Å². The van der Waals surface area contributed by atoms with E-state index in [1.165, 1.54) is 25.7 Å². The largest absolute Gasteiger partial charge is 0.468 e. The van der Waals surface area contributed by atoms with Crippen LogP contribution in [-0.2, 0) is 5.41 Å². The average Bonchev–Trinajstić information content (AvgIpc) is 2.83. The fraction of sp³-hybridized carbons (Fsp3) is 0.765. The van der Waals surface area contributed by atoms with Gasteiger partial charge in [-0.25, -0.2) is 0 Å². The second-order valence-electron chi connectivity index (χ2n) is 6.90. The molecule has 3 heteroatoms. The highest BCUT2D eigenvalue weighted by Crippen LogP contribution is 2.44. The molecule has 20 heavy (non-hydrogen) atoms. The number of hydrogen-bond donors (Lipinski definition) is 1. The van der Waals surface area contributed by atoms with Gasteiger partial charge in [0.15, 0.2) is 0 Å². The van der Waals surface area contributed by atoms with E-state index in [9.17, 15) is 0 Å². The third-order valence-corrected chi connectivity index (χ3v) is 5.52. The maximum absolute atomic E-state index is 5.79. The van der Waals surface area contributed by atoms with Crippen molar-refractivity contribution in [1.29, 1.82) is 0 Å². The Morgan fingerprint density at radius 3 is 2.75 bits per heavy atom. The van der Waals surface area contributed by atoms with E-state index < -0.39 is 0 Å². The maximum Gasteiger partial charge on any atom is 0.123 e. The monoisotopic (exact) mass is 341 g/mol. The lowest BCUT2D eigenvalue weighted by molar-refractivity contribution is 0.130. The third kappa shape index (κ3) is 3.30. The fourth-order valence-electron chi connectivity index (χ4n) is 3.72. The minimum absolute atomic E-state index is 0.0634. The zero-order chi connectivity index (χ0) is 14.8. The summed E-state index contributed by atoms with van der Waals surface area (Å²) in [5.41, 5.74) is 0.0634. The van der Waals surface area contributed by atoms with Gasteiger partial charge in [-0.05, 0) is 59.6 Å².